The maximum absolute atomic E-state index is 12.9. The first-order valence-electron chi connectivity index (χ1n) is 5.94. The molecule has 3 heteroatoms. The summed E-state index contributed by atoms with van der Waals surface area (Å²) in [5, 5.41) is 0. The molecule has 94 valence electrons. The van der Waals surface area contributed by atoms with Crippen molar-refractivity contribution in [3.63, 3.8) is 0 Å². The molecule has 0 aliphatic heterocycles. The van der Waals surface area contributed by atoms with Crippen LogP contribution in [0.5, 0.6) is 0 Å². The Morgan fingerprint density at radius 3 is 1.83 bits per heavy atom. The average Bonchev–Trinajstić information content (AvgIpc) is 2.39. The number of benzene rings is 2. The van der Waals surface area contributed by atoms with E-state index in [2.05, 4.69) is 4.90 Å². The zero-order chi connectivity index (χ0) is 13.0. The molecule has 18 heavy (non-hydrogen) atoms. The van der Waals surface area contributed by atoms with Gasteiger partial charge in [-0.2, -0.15) is 0 Å². The van der Waals surface area contributed by atoms with Gasteiger partial charge in [-0.1, -0.05) is 12.1 Å². The predicted molar refractivity (Wildman–Crippen MR) is 69.5 cm³/mol. The van der Waals surface area contributed by atoms with E-state index in [4.69, 9.17) is 0 Å². The van der Waals surface area contributed by atoms with Gasteiger partial charge in [-0.25, -0.2) is 8.78 Å². The van der Waals surface area contributed by atoms with Gasteiger partial charge in [0.05, 0.1) is 0 Å². The molecule has 0 N–H and O–H groups in total. The van der Waals surface area contributed by atoms with Crippen molar-refractivity contribution in [3.05, 3.63) is 65.7 Å². The van der Waals surface area contributed by atoms with E-state index in [-0.39, 0.29) is 11.6 Å². The maximum Gasteiger partial charge on any atom is 0.123 e. The molecule has 0 bridgehead atoms. The Bertz CT molecular complexity index is 491. The van der Waals surface area contributed by atoms with Gasteiger partial charge in [0.1, 0.15) is 11.6 Å². The van der Waals surface area contributed by atoms with Gasteiger partial charge in [-0.15, -0.1) is 0 Å². The topological polar surface area (TPSA) is 3.24 Å². The number of hydrogen-bond donors (Lipinski definition) is 0. The average molecular weight is 247 g/mol. The molecular weight excluding hydrogens is 232 g/mol. The first kappa shape index (κ1) is 12.6. The Hall–Kier alpha value is -1.90. The van der Waals surface area contributed by atoms with Gasteiger partial charge >= 0.3 is 0 Å². The highest BCUT2D eigenvalue weighted by molar-refractivity contribution is 5.46. The lowest BCUT2D eigenvalue weighted by Crippen LogP contribution is -2.21. The summed E-state index contributed by atoms with van der Waals surface area (Å²) in [6.07, 6.45) is 0. The molecule has 0 amide bonds. The Morgan fingerprint density at radius 2 is 1.33 bits per heavy atom. The van der Waals surface area contributed by atoms with Gasteiger partial charge in [0.2, 0.25) is 0 Å². The highest BCUT2D eigenvalue weighted by Gasteiger charge is 2.05. The largest absolute Gasteiger partial charge is 0.367 e. The lowest BCUT2D eigenvalue weighted by atomic mass is 10.2. The highest BCUT2D eigenvalue weighted by Crippen LogP contribution is 2.17. The molecule has 0 aliphatic carbocycles. The standard InChI is InChI=1S/C15H15F2N/c1-2-18(15-9-7-14(17)8-10-15)11-12-3-5-13(16)6-4-12/h3-10H,2,11H2,1H3. The fourth-order valence-corrected chi connectivity index (χ4v) is 1.85. The third kappa shape index (κ3) is 3.06. The van der Waals surface area contributed by atoms with Gasteiger partial charge in [0.25, 0.3) is 0 Å². The van der Waals surface area contributed by atoms with Crippen molar-refractivity contribution in [2.45, 2.75) is 13.5 Å². The maximum atomic E-state index is 12.9. The van der Waals surface area contributed by atoms with Gasteiger partial charge in [-0.3, -0.25) is 0 Å². The Morgan fingerprint density at radius 1 is 0.833 bits per heavy atom. The van der Waals surface area contributed by atoms with Crippen LogP contribution in [-0.2, 0) is 6.54 Å². The molecule has 0 aliphatic rings. The molecule has 2 rings (SSSR count). The van der Waals surface area contributed by atoms with Gasteiger partial charge in [-0.05, 0) is 48.9 Å². The summed E-state index contributed by atoms with van der Waals surface area (Å²) in [7, 11) is 0. The highest BCUT2D eigenvalue weighted by atomic mass is 19.1. The van der Waals surface area contributed by atoms with Crippen molar-refractivity contribution < 1.29 is 8.78 Å². The van der Waals surface area contributed by atoms with E-state index in [0.717, 1.165) is 17.8 Å². The SMILES string of the molecule is CCN(Cc1ccc(F)cc1)c1ccc(F)cc1. The molecule has 0 saturated carbocycles. The van der Waals surface area contributed by atoms with Gasteiger partial charge < -0.3 is 4.90 Å². The van der Waals surface area contributed by atoms with Crippen LogP contribution >= 0.6 is 0 Å². The zero-order valence-electron chi connectivity index (χ0n) is 10.2. The summed E-state index contributed by atoms with van der Waals surface area (Å²) in [4.78, 5) is 2.10. The predicted octanol–water partition coefficient (Wildman–Crippen LogP) is 3.99. The molecule has 0 aromatic heterocycles. The summed E-state index contributed by atoms with van der Waals surface area (Å²) in [6, 6.07) is 12.8. The second kappa shape index (κ2) is 5.63. The minimum Gasteiger partial charge on any atom is -0.367 e. The fraction of sp³-hybridized carbons (Fsp3) is 0.200. The molecule has 0 fully saturated rings. The number of nitrogens with zero attached hydrogens (tertiary/aromatic N) is 1. The van der Waals surface area contributed by atoms with Gasteiger partial charge in [0.15, 0.2) is 0 Å². The van der Waals surface area contributed by atoms with Crippen molar-refractivity contribution in [2.75, 3.05) is 11.4 Å². The quantitative estimate of drug-likeness (QED) is 0.789. The number of anilines is 1. The molecule has 2 aromatic carbocycles. The molecule has 0 atom stereocenters. The van der Waals surface area contributed by atoms with E-state index in [1.165, 1.54) is 24.3 Å². The smallest absolute Gasteiger partial charge is 0.123 e. The molecule has 0 unspecified atom stereocenters. The van der Waals surface area contributed by atoms with Crippen molar-refractivity contribution in [2.24, 2.45) is 0 Å². The van der Waals surface area contributed by atoms with Crippen molar-refractivity contribution in [1.29, 1.82) is 0 Å². The minimum absolute atomic E-state index is 0.233. The molecule has 1 nitrogen and oxygen atoms in total. The van der Waals surface area contributed by atoms with E-state index < -0.39 is 0 Å². The van der Waals surface area contributed by atoms with Crippen LogP contribution < -0.4 is 4.90 Å². The first-order valence-corrected chi connectivity index (χ1v) is 5.94. The van der Waals surface area contributed by atoms with Crippen LogP contribution in [0.3, 0.4) is 0 Å². The Kier molecular flexibility index (Phi) is 3.92. The van der Waals surface area contributed by atoms with Crippen LogP contribution in [0.1, 0.15) is 12.5 Å². The number of hydrogen-bond acceptors (Lipinski definition) is 1. The number of rotatable bonds is 4. The Labute approximate surface area is 106 Å². The molecule has 0 saturated heterocycles. The summed E-state index contributed by atoms with van der Waals surface area (Å²) in [6.45, 7) is 3.53. The van der Waals surface area contributed by atoms with Crippen LogP contribution in [0.4, 0.5) is 14.5 Å². The summed E-state index contributed by atoms with van der Waals surface area (Å²) in [5.41, 5.74) is 1.99. The Balaban J connectivity index is 2.14. The normalized spacial score (nSPS) is 10.4. The van der Waals surface area contributed by atoms with Crippen LogP contribution in [0, 0.1) is 11.6 Å². The molecule has 2 aromatic rings. The lowest BCUT2D eigenvalue weighted by Gasteiger charge is -2.23. The molecule has 0 spiro atoms. The van der Waals surface area contributed by atoms with Crippen LogP contribution in [0.25, 0.3) is 0 Å². The fourth-order valence-electron chi connectivity index (χ4n) is 1.85. The van der Waals surface area contributed by atoms with Crippen molar-refractivity contribution in [3.8, 4) is 0 Å². The number of halogens is 2. The lowest BCUT2D eigenvalue weighted by molar-refractivity contribution is 0.625. The van der Waals surface area contributed by atoms with Crippen LogP contribution in [0.2, 0.25) is 0 Å². The van der Waals surface area contributed by atoms with E-state index in [0.29, 0.717) is 6.54 Å². The third-order valence-electron chi connectivity index (χ3n) is 2.86. The second-order valence-corrected chi connectivity index (χ2v) is 4.12. The monoisotopic (exact) mass is 247 g/mol. The van der Waals surface area contributed by atoms with Crippen LogP contribution in [0.15, 0.2) is 48.5 Å². The summed E-state index contributed by atoms with van der Waals surface area (Å²) >= 11 is 0. The van der Waals surface area contributed by atoms with E-state index in [9.17, 15) is 8.78 Å². The van der Waals surface area contributed by atoms with Crippen molar-refractivity contribution in [1.82, 2.24) is 0 Å². The van der Waals surface area contributed by atoms with E-state index in [1.807, 2.05) is 6.92 Å². The summed E-state index contributed by atoms with van der Waals surface area (Å²) < 4.78 is 25.7. The third-order valence-corrected chi connectivity index (χ3v) is 2.86. The van der Waals surface area contributed by atoms with Gasteiger partial charge in [0, 0.05) is 18.8 Å². The van der Waals surface area contributed by atoms with Crippen LogP contribution in [-0.4, -0.2) is 6.54 Å². The minimum atomic E-state index is -0.239. The second-order valence-electron chi connectivity index (χ2n) is 4.12. The van der Waals surface area contributed by atoms with Crippen molar-refractivity contribution >= 4 is 5.69 Å². The molecule has 0 radical (unpaired) electrons. The molecular formula is C15H15F2N. The summed E-state index contributed by atoms with van der Waals surface area (Å²) in [5.74, 6) is -0.472. The zero-order valence-corrected chi connectivity index (χ0v) is 10.2. The van der Waals surface area contributed by atoms with E-state index >= 15 is 0 Å². The molecule has 0 heterocycles. The first-order chi connectivity index (χ1) is 8.69. The van der Waals surface area contributed by atoms with E-state index in [1.54, 1.807) is 24.3 Å².